The van der Waals surface area contributed by atoms with Crippen LogP contribution in [-0.4, -0.2) is 32.0 Å². The standard InChI is InChI=1S/C17H25NO4/c1-6-22-16(20)15(14(11-19)17(2,3)4)18-12-7-9-13(21-5)10-8-12/h7-11,14-15,18H,6H2,1-5H3/t14-,15-/m1/s1. The van der Waals surface area contributed by atoms with Crippen LogP contribution in [0, 0.1) is 11.3 Å². The first-order valence-corrected chi connectivity index (χ1v) is 7.36. The van der Waals surface area contributed by atoms with Crippen molar-refractivity contribution in [1.29, 1.82) is 0 Å². The van der Waals surface area contributed by atoms with Gasteiger partial charge in [-0.15, -0.1) is 0 Å². The van der Waals surface area contributed by atoms with Gasteiger partial charge in [-0.2, -0.15) is 0 Å². The molecule has 5 nitrogen and oxygen atoms in total. The zero-order valence-corrected chi connectivity index (χ0v) is 13.9. The maximum Gasteiger partial charge on any atom is 0.329 e. The van der Waals surface area contributed by atoms with E-state index in [1.165, 1.54) is 0 Å². The van der Waals surface area contributed by atoms with Crippen LogP contribution in [0.15, 0.2) is 24.3 Å². The lowest BCUT2D eigenvalue weighted by molar-refractivity contribution is -0.147. The van der Waals surface area contributed by atoms with Crippen molar-refractivity contribution < 1.29 is 19.1 Å². The molecule has 1 N–H and O–H groups in total. The molecule has 2 atom stereocenters. The lowest BCUT2D eigenvalue weighted by Gasteiger charge is -2.32. The van der Waals surface area contributed by atoms with Crippen LogP contribution in [0.2, 0.25) is 0 Å². The number of carbonyl (C=O) groups is 2. The van der Waals surface area contributed by atoms with Gasteiger partial charge in [0, 0.05) is 5.69 Å². The second-order valence-electron chi connectivity index (χ2n) is 6.13. The van der Waals surface area contributed by atoms with E-state index in [1.54, 1.807) is 38.3 Å². The number of methoxy groups -OCH3 is 1. The van der Waals surface area contributed by atoms with Crippen molar-refractivity contribution in [3.05, 3.63) is 24.3 Å². The molecular formula is C17H25NO4. The Kier molecular flexibility index (Phi) is 6.40. The number of ether oxygens (including phenoxy) is 2. The Labute approximate surface area is 132 Å². The minimum Gasteiger partial charge on any atom is -0.497 e. The Hall–Kier alpha value is -2.04. The summed E-state index contributed by atoms with van der Waals surface area (Å²) in [4.78, 5) is 23.8. The molecule has 0 heterocycles. The molecule has 5 heteroatoms. The lowest BCUT2D eigenvalue weighted by atomic mass is 9.77. The van der Waals surface area contributed by atoms with E-state index in [0.717, 1.165) is 17.7 Å². The van der Waals surface area contributed by atoms with Crippen molar-refractivity contribution >= 4 is 17.9 Å². The van der Waals surface area contributed by atoms with Gasteiger partial charge in [-0.05, 0) is 36.6 Å². The summed E-state index contributed by atoms with van der Waals surface area (Å²) in [6, 6.07) is 6.45. The minimum atomic E-state index is -0.731. The molecule has 0 fully saturated rings. The zero-order chi connectivity index (χ0) is 16.8. The summed E-state index contributed by atoms with van der Waals surface area (Å²) >= 11 is 0. The maximum atomic E-state index is 12.2. The fourth-order valence-electron chi connectivity index (χ4n) is 2.18. The van der Waals surface area contributed by atoms with Crippen LogP contribution in [0.5, 0.6) is 5.75 Å². The highest BCUT2D eigenvalue weighted by Gasteiger charge is 2.37. The summed E-state index contributed by atoms with van der Waals surface area (Å²) in [7, 11) is 1.59. The van der Waals surface area contributed by atoms with Crippen LogP contribution in [0.1, 0.15) is 27.7 Å². The van der Waals surface area contributed by atoms with E-state index in [-0.39, 0.29) is 12.0 Å². The predicted molar refractivity (Wildman–Crippen MR) is 86.0 cm³/mol. The third-order valence-electron chi connectivity index (χ3n) is 3.46. The number of benzene rings is 1. The molecule has 122 valence electrons. The highest BCUT2D eigenvalue weighted by Crippen LogP contribution is 2.30. The molecule has 0 saturated carbocycles. The maximum absolute atomic E-state index is 12.2. The molecule has 0 radical (unpaired) electrons. The molecule has 0 aliphatic rings. The molecule has 1 rings (SSSR count). The first-order chi connectivity index (χ1) is 10.3. The summed E-state index contributed by atoms with van der Waals surface area (Å²) in [6.07, 6.45) is 0.818. The molecule has 0 aromatic heterocycles. The fourth-order valence-corrected chi connectivity index (χ4v) is 2.18. The van der Waals surface area contributed by atoms with Gasteiger partial charge in [-0.3, -0.25) is 0 Å². The average Bonchev–Trinajstić information content (AvgIpc) is 2.46. The Balaban J connectivity index is 3.03. The number of hydrogen-bond donors (Lipinski definition) is 1. The van der Waals surface area contributed by atoms with Gasteiger partial charge >= 0.3 is 5.97 Å². The third kappa shape index (κ3) is 4.76. The van der Waals surface area contributed by atoms with Gasteiger partial charge in [0.1, 0.15) is 18.1 Å². The second kappa shape index (κ2) is 7.82. The molecule has 0 saturated heterocycles. The monoisotopic (exact) mass is 307 g/mol. The fraction of sp³-hybridized carbons (Fsp3) is 0.529. The van der Waals surface area contributed by atoms with Crippen molar-refractivity contribution in [2.75, 3.05) is 19.0 Å². The minimum absolute atomic E-state index is 0.273. The molecule has 0 aliphatic carbocycles. The Morgan fingerprint density at radius 2 is 1.86 bits per heavy atom. The smallest absolute Gasteiger partial charge is 0.329 e. The SMILES string of the molecule is CCOC(=O)[C@H](Nc1ccc(OC)cc1)[C@@H](C=O)C(C)(C)C. The Morgan fingerprint density at radius 1 is 1.27 bits per heavy atom. The second-order valence-corrected chi connectivity index (χ2v) is 6.13. The van der Waals surface area contributed by atoms with Crippen LogP contribution >= 0.6 is 0 Å². The van der Waals surface area contributed by atoms with Crippen molar-refractivity contribution in [2.45, 2.75) is 33.7 Å². The van der Waals surface area contributed by atoms with Crippen LogP contribution in [-0.2, 0) is 14.3 Å². The van der Waals surface area contributed by atoms with Crippen LogP contribution in [0.4, 0.5) is 5.69 Å². The molecular weight excluding hydrogens is 282 g/mol. The number of aldehydes is 1. The number of carbonyl (C=O) groups excluding carboxylic acids is 2. The number of nitrogens with one attached hydrogen (secondary N) is 1. The molecule has 0 unspecified atom stereocenters. The first-order valence-electron chi connectivity index (χ1n) is 7.36. The summed E-state index contributed by atoms with van der Waals surface area (Å²) in [5.74, 6) is -0.208. The van der Waals surface area contributed by atoms with Gasteiger partial charge < -0.3 is 19.6 Å². The summed E-state index contributed by atoms with van der Waals surface area (Å²) in [5, 5.41) is 3.11. The molecule has 0 aliphatic heterocycles. The van der Waals surface area contributed by atoms with Gasteiger partial charge in [0.25, 0.3) is 0 Å². The topological polar surface area (TPSA) is 64.6 Å². The molecule has 0 amide bonds. The summed E-state index contributed by atoms with van der Waals surface area (Å²) in [6.45, 7) is 7.79. The van der Waals surface area contributed by atoms with E-state index in [1.807, 2.05) is 20.8 Å². The van der Waals surface area contributed by atoms with Crippen LogP contribution < -0.4 is 10.1 Å². The molecule has 1 aromatic carbocycles. The Bertz CT molecular complexity index is 490. The molecule has 0 bridgehead atoms. The van der Waals surface area contributed by atoms with E-state index in [4.69, 9.17) is 9.47 Å². The van der Waals surface area contributed by atoms with E-state index >= 15 is 0 Å². The van der Waals surface area contributed by atoms with E-state index in [9.17, 15) is 9.59 Å². The van der Waals surface area contributed by atoms with Crippen molar-refractivity contribution in [2.24, 2.45) is 11.3 Å². The normalized spacial score (nSPS) is 13.9. The Morgan fingerprint density at radius 3 is 2.27 bits per heavy atom. The van der Waals surface area contributed by atoms with Gasteiger partial charge in [0.2, 0.25) is 0 Å². The van der Waals surface area contributed by atoms with E-state index < -0.39 is 17.9 Å². The number of rotatable bonds is 7. The van der Waals surface area contributed by atoms with Crippen LogP contribution in [0.3, 0.4) is 0 Å². The van der Waals surface area contributed by atoms with Gasteiger partial charge in [-0.1, -0.05) is 20.8 Å². The predicted octanol–water partition coefficient (Wildman–Crippen LogP) is 2.90. The molecule has 0 spiro atoms. The number of hydrogen-bond acceptors (Lipinski definition) is 5. The largest absolute Gasteiger partial charge is 0.497 e. The van der Waals surface area contributed by atoms with Crippen LogP contribution in [0.25, 0.3) is 0 Å². The van der Waals surface area contributed by atoms with E-state index in [2.05, 4.69) is 5.32 Å². The van der Waals surface area contributed by atoms with E-state index in [0.29, 0.717) is 0 Å². The number of anilines is 1. The highest BCUT2D eigenvalue weighted by atomic mass is 16.5. The summed E-state index contributed by atoms with van der Waals surface area (Å²) in [5.41, 5.74) is 0.369. The van der Waals surface area contributed by atoms with Gasteiger partial charge in [0.05, 0.1) is 19.6 Å². The first kappa shape index (κ1) is 18.0. The lowest BCUT2D eigenvalue weighted by Crippen LogP contribution is -2.45. The van der Waals surface area contributed by atoms with Crippen molar-refractivity contribution in [1.82, 2.24) is 0 Å². The zero-order valence-electron chi connectivity index (χ0n) is 13.9. The molecule has 1 aromatic rings. The number of esters is 1. The summed E-state index contributed by atoms with van der Waals surface area (Å²) < 4.78 is 10.2. The molecule has 22 heavy (non-hydrogen) atoms. The quantitative estimate of drug-likeness (QED) is 0.620. The third-order valence-corrected chi connectivity index (χ3v) is 3.46. The van der Waals surface area contributed by atoms with Crippen molar-refractivity contribution in [3.63, 3.8) is 0 Å². The average molecular weight is 307 g/mol. The van der Waals surface area contributed by atoms with Gasteiger partial charge in [0.15, 0.2) is 0 Å². The van der Waals surface area contributed by atoms with Crippen molar-refractivity contribution in [3.8, 4) is 5.75 Å². The highest BCUT2D eigenvalue weighted by molar-refractivity contribution is 5.83. The van der Waals surface area contributed by atoms with Gasteiger partial charge in [-0.25, -0.2) is 4.79 Å².